The lowest BCUT2D eigenvalue weighted by molar-refractivity contribution is -0.140. The Balaban J connectivity index is 2.19. The highest BCUT2D eigenvalue weighted by Gasteiger charge is 2.19. The molecular weight excluding hydrogens is 250 g/mol. The predicted molar refractivity (Wildman–Crippen MR) is 77.7 cm³/mol. The summed E-state index contributed by atoms with van der Waals surface area (Å²) in [7, 11) is 0. The standard InChI is InChI=1S/C17H15NO2/c1-12(19)20-18-17-15-8-4-2-6-13(15)10-11-14-7-3-5-9-16(14)17/h2-9H,10-11H2,1H3. The van der Waals surface area contributed by atoms with Crippen molar-refractivity contribution in [1.29, 1.82) is 0 Å². The number of carbonyl (C=O) groups excluding carboxylic acids is 1. The van der Waals surface area contributed by atoms with Crippen LogP contribution in [0.4, 0.5) is 0 Å². The summed E-state index contributed by atoms with van der Waals surface area (Å²) in [5, 5.41) is 4.09. The van der Waals surface area contributed by atoms with Gasteiger partial charge in [-0.05, 0) is 24.0 Å². The molecule has 0 unspecified atom stereocenters. The van der Waals surface area contributed by atoms with Crippen molar-refractivity contribution in [2.75, 3.05) is 0 Å². The molecule has 2 aromatic carbocycles. The van der Waals surface area contributed by atoms with Gasteiger partial charge in [0.15, 0.2) is 0 Å². The quantitative estimate of drug-likeness (QED) is 0.587. The van der Waals surface area contributed by atoms with Crippen molar-refractivity contribution in [2.45, 2.75) is 19.8 Å². The van der Waals surface area contributed by atoms with Gasteiger partial charge in [0.2, 0.25) is 0 Å². The zero-order valence-electron chi connectivity index (χ0n) is 11.3. The first-order valence-corrected chi connectivity index (χ1v) is 6.68. The van der Waals surface area contributed by atoms with E-state index in [4.69, 9.17) is 4.84 Å². The molecule has 20 heavy (non-hydrogen) atoms. The summed E-state index contributed by atoms with van der Waals surface area (Å²) in [6.45, 7) is 1.36. The molecule has 0 fully saturated rings. The van der Waals surface area contributed by atoms with E-state index in [1.165, 1.54) is 18.1 Å². The van der Waals surface area contributed by atoms with Crippen LogP contribution < -0.4 is 0 Å². The molecule has 1 aliphatic carbocycles. The molecular formula is C17H15NO2. The van der Waals surface area contributed by atoms with Crippen LogP contribution in [0.25, 0.3) is 0 Å². The Kier molecular flexibility index (Phi) is 3.33. The molecule has 3 nitrogen and oxygen atoms in total. The number of nitrogens with zero attached hydrogens (tertiary/aromatic N) is 1. The largest absolute Gasteiger partial charge is 0.332 e. The van der Waals surface area contributed by atoms with Crippen molar-refractivity contribution in [3.05, 3.63) is 70.8 Å². The third-order valence-corrected chi connectivity index (χ3v) is 3.47. The molecule has 0 aliphatic heterocycles. The fraction of sp³-hybridized carbons (Fsp3) is 0.176. The van der Waals surface area contributed by atoms with Crippen molar-refractivity contribution in [3.8, 4) is 0 Å². The molecule has 0 aromatic heterocycles. The zero-order valence-corrected chi connectivity index (χ0v) is 11.3. The van der Waals surface area contributed by atoms with Crippen LogP contribution in [0.1, 0.15) is 29.2 Å². The fourth-order valence-corrected chi connectivity index (χ4v) is 2.56. The molecule has 0 saturated carbocycles. The van der Waals surface area contributed by atoms with Gasteiger partial charge in [-0.3, -0.25) is 0 Å². The lowest BCUT2D eigenvalue weighted by atomic mass is 9.98. The zero-order chi connectivity index (χ0) is 13.9. The molecule has 100 valence electrons. The van der Waals surface area contributed by atoms with E-state index in [0.29, 0.717) is 0 Å². The topological polar surface area (TPSA) is 38.7 Å². The van der Waals surface area contributed by atoms with Crippen LogP contribution in [0.3, 0.4) is 0 Å². The number of rotatable bonds is 1. The minimum atomic E-state index is -0.406. The summed E-state index contributed by atoms with van der Waals surface area (Å²) in [4.78, 5) is 16.0. The smallest absolute Gasteiger partial charge is 0.318 e. The molecule has 2 aromatic rings. The molecule has 0 N–H and O–H groups in total. The SMILES string of the molecule is CC(=O)ON=C1c2ccccc2CCc2ccccc21. The Morgan fingerprint density at radius 1 is 0.950 bits per heavy atom. The van der Waals surface area contributed by atoms with Crippen LogP contribution in [0.15, 0.2) is 53.7 Å². The summed E-state index contributed by atoms with van der Waals surface area (Å²) in [6.07, 6.45) is 1.93. The molecule has 0 spiro atoms. The highest BCUT2D eigenvalue weighted by molar-refractivity contribution is 6.14. The van der Waals surface area contributed by atoms with E-state index >= 15 is 0 Å². The maximum atomic E-state index is 11.1. The number of hydrogen-bond acceptors (Lipinski definition) is 3. The average molecular weight is 265 g/mol. The Hall–Kier alpha value is -2.42. The van der Waals surface area contributed by atoms with Gasteiger partial charge in [0.1, 0.15) is 5.71 Å². The van der Waals surface area contributed by atoms with Gasteiger partial charge < -0.3 is 4.84 Å². The summed E-state index contributed by atoms with van der Waals surface area (Å²) < 4.78 is 0. The maximum absolute atomic E-state index is 11.1. The van der Waals surface area contributed by atoms with E-state index < -0.39 is 5.97 Å². The Bertz CT molecular complexity index is 639. The minimum Gasteiger partial charge on any atom is -0.318 e. The Labute approximate surface area is 117 Å². The van der Waals surface area contributed by atoms with Gasteiger partial charge in [-0.15, -0.1) is 0 Å². The summed E-state index contributed by atoms with van der Waals surface area (Å²) in [6, 6.07) is 16.3. The number of fused-ring (bicyclic) bond motifs is 2. The molecule has 0 heterocycles. The molecule has 0 amide bonds. The Morgan fingerprint density at radius 3 is 1.95 bits per heavy atom. The van der Waals surface area contributed by atoms with Gasteiger partial charge in [0.25, 0.3) is 0 Å². The van der Waals surface area contributed by atoms with Crippen molar-refractivity contribution < 1.29 is 9.63 Å². The third kappa shape index (κ3) is 2.35. The van der Waals surface area contributed by atoms with Crippen LogP contribution >= 0.6 is 0 Å². The normalized spacial score (nSPS) is 12.9. The summed E-state index contributed by atoms with van der Waals surface area (Å²) in [5.41, 5.74) is 5.28. The lowest BCUT2D eigenvalue weighted by Gasteiger charge is -2.09. The number of aryl methyl sites for hydroxylation is 2. The lowest BCUT2D eigenvalue weighted by Crippen LogP contribution is -2.08. The minimum absolute atomic E-state index is 0.406. The Morgan fingerprint density at radius 2 is 1.45 bits per heavy atom. The van der Waals surface area contributed by atoms with Gasteiger partial charge in [-0.25, -0.2) is 4.79 Å². The van der Waals surface area contributed by atoms with E-state index in [1.807, 2.05) is 36.4 Å². The van der Waals surface area contributed by atoms with Crippen molar-refractivity contribution in [2.24, 2.45) is 5.16 Å². The van der Waals surface area contributed by atoms with Gasteiger partial charge in [-0.1, -0.05) is 53.7 Å². The first-order valence-electron chi connectivity index (χ1n) is 6.68. The van der Waals surface area contributed by atoms with E-state index in [9.17, 15) is 4.79 Å². The van der Waals surface area contributed by atoms with E-state index in [1.54, 1.807) is 0 Å². The molecule has 0 bridgehead atoms. The van der Waals surface area contributed by atoms with E-state index in [-0.39, 0.29) is 0 Å². The third-order valence-electron chi connectivity index (χ3n) is 3.47. The van der Waals surface area contributed by atoms with Gasteiger partial charge >= 0.3 is 5.97 Å². The molecule has 1 aliphatic rings. The summed E-state index contributed by atoms with van der Waals surface area (Å²) in [5.74, 6) is -0.406. The van der Waals surface area contributed by atoms with Crippen LogP contribution in [0, 0.1) is 0 Å². The first-order chi connectivity index (χ1) is 9.75. The second-order valence-electron chi connectivity index (χ2n) is 4.84. The summed E-state index contributed by atoms with van der Waals surface area (Å²) >= 11 is 0. The van der Waals surface area contributed by atoms with E-state index in [0.717, 1.165) is 29.7 Å². The molecule has 3 rings (SSSR count). The van der Waals surface area contributed by atoms with Crippen molar-refractivity contribution in [3.63, 3.8) is 0 Å². The van der Waals surface area contributed by atoms with Gasteiger partial charge in [-0.2, -0.15) is 0 Å². The highest BCUT2D eigenvalue weighted by Crippen LogP contribution is 2.25. The predicted octanol–water partition coefficient (Wildman–Crippen LogP) is 3.10. The molecule has 3 heteroatoms. The van der Waals surface area contributed by atoms with Crippen LogP contribution in [0.2, 0.25) is 0 Å². The second kappa shape index (κ2) is 5.29. The number of hydrogen-bond donors (Lipinski definition) is 0. The average Bonchev–Trinajstić information content (AvgIpc) is 2.62. The van der Waals surface area contributed by atoms with Crippen LogP contribution in [0.5, 0.6) is 0 Å². The number of oxime groups is 1. The number of benzene rings is 2. The van der Waals surface area contributed by atoms with Crippen LogP contribution in [-0.2, 0) is 22.5 Å². The van der Waals surface area contributed by atoms with Crippen molar-refractivity contribution >= 4 is 11.7 Å². The van der Waals surface area contributed by atoms with Gasteiger partial charge in [0.05, 0.1) is 0 Å². The van der Waals surface area contributed by atoms with Gasteiger partial charge in [0, 0.05) is 18.1 Å². The molecule has 0 atom stereocenters. The number of carbonyl (C=O) groups is 1. The molecule has 0 radical (unpaired) electrons. The monoisotopic (exact) mass is 265 g/mol. The maximum Gasteiger partial charge on any atom is 0.332 e. The van der Waals surface area contributed by atoms with E-state index in [2.05, 4.69) is 17.3 Å². The van der Waals surface area contributed by atoms with Crippen LogP contribution in [-0.4, -0.2) is 11.7 Å². The fourth-order valence-electron chi connectivity index (χ4n) is 2.56. The first kappa shape index (κ1) is 12.6. The van der Waals surface area contributed by atoms with Crippen molar-refractivity contribution in [1.82, 2.24) is 0 Å². The molecule has 0 saturated heterocycles. The second-order valence-corrected chi connectivity index (χ2v) is 4.84. The highest BCUT2D eigenvalue weighted by atomic mass is 16.7.